The van der Waals surface area contributed by atoms with Gasteiger partial charge in [0.1, 0.15) is 11.5 Å². The number of nitrogens with zero attached hydrogens (tertiary/aromatic N) is 2. The lowest BCUT2D eigenvalue weighted by atomic mass is 10.2. The second kappa shape index (κ2) is 7.08. The number of likely N-dealkylation sites (tertiary alicyclic amines) is 1. The molecule has 2 heterocycles. The lowest BCUT2D eigenvalue weighted by Gasteiger charge is -2.26. The van der Waals surface area contributed by atoms with E-state index in [2.05, 4.69) is 48.3 Å². The fourth-order valence-corrected chi connectivity index (χ4v) is 2.78. The molecule has 1 aromatic rings. The first-order valence-electron chi connectivity index (χ1n) is 7.36. The van der Waals surface area contributed by atoms with E-state index in [4.69, 9.17) is 4.42 Å². The molecule has 4 nitrogen and oxygen atoms in total. The molecule has 1 atom stereocenters. The molecule has 1 saturated heterocycles. The molecule has 0 spiro atoms. The third kappa shape index (κ3) is 4.34. The molecule has 1 N–H and O–H groups in total. The van der Waals surface area contributed by atoms with Crippen molar-refractivity contribution in [1.82, 2.24) is 15.1 Å². The predicted octanol–water partition coefficient (Wildman–Crippen LogP) is 1.92. The number of rotatable bonds is 7. The van der Waals surface area contributed by atoms with Gasteiger partial charge in [-0.3, -0.25) is 4.90 Å². The van der Waals surface area contributed by atoms with Crippen molar-refractivity contribution in [2.24, 2.45) is 0 Å². The summed E-state index contributed by atoms with van der Waals surface area (Å²) in [5, 5.41) is 3.29. The Labute approximate surface area is 116 Å². The Morgan fingerprint density at radius 2 is 2.16 bits per heavy atom. The topological polar surface area (TPSA) is 31.6 Å². The van der Waals surface area contributed by atoms with E-state index in [1.54, 1.807) is 0 Å². The van der Waals surface area contributed by atoms with E-state index >= 15 is 0 Å². The van der Waals surface area contributed by atoms with Crippen molar-refractivity contribution < 1.29 is 4.42 Å². The van der Waals surface area contributed by atoms with Gasteiger partial charge < -0.3 is 14.6 Å². The molecule has 108 valence electrons. The molecule has 0 aliphatic carbocycles. The van der Waals surface area contributed by atoms with Crippen LogP contribution in [0, 0.1) is 0 Å². The Morgan fingerprint density at radius 1 is 1.37 bits per heavy atom. The van der Waals surface area contributed by atoms with Crippen molar-refractivity contribution >= 4 is 0 Å². The molecule has 1 aliphatic rings. The highest BCUT2D eigenvalue weighted by atomic mass is 16.3. The summed E-state index contributed by atoms with van der Waals surface area (Å²) >= 11 is 0. The maximum absolute atomic E-state index is 5.88. The average Bonchev–Trinajstić information content (AvgIpc) is 2.97. The highest BCUT2D eigenvalue weighted by molar-refractivity contribution is 5.07. The summed E-state index contributed by atoms with van der Waals surface area (Å²) < 4.78 is 5.88. The van der Waals surface area contributed by atoms with Gasteiger partial charge in [0, 0.05) is 12.6 Å². The average molecular weight is 265 g/mol. The Hall–Kier alpha value is -0.840. The molecule has 1 fully saturated rings. The van der Waals surface area contributed by atoms with Gasteiger partial charge in [0.2, 0.25) is 0 Å². The Morgan fingerprint density at radius 3 is 2.89 bits per heavy atom. The maximum Gasteiger partial charge on any atom is 0.118 e. The van der Waals surface area contributed by atoms with E-state index < -0.39 is 0 Å². The molecule has 0 aromatic carbocycles. The Balaban J connectivity index is 1.87. The van der Waals surface area contributed by atoms with Crippen LogP contribution in [0.1, 0.15) is 31.3 Å². The lowest BCUT2D eigenvalue weighted by Crippen LogP contribution is -2.36. The molecule has 0 radical (unpaired) electrons. The van der Waals surface area contributed by atoms with Crippen molar-refractivity contribution in [3.05, 3.63) is 23.7 Å². The van der Waals surface area contributed by atoms with E-state index in [1.807, 2.05) is 0 Å². The van der Waals surface area contributed by atoms with E-state index in [-0.39, 0.29) is 0 Å². The Kier molecular flexibility index (Phi) is 5.43. The summed E-state index contributed by atoms with van der Waals surface area (Å²) in [7, 11) is 4.30. The Bertz CT molecular complexity index is 375. The summed E-state index contributed by atoms with van der Waals surface area (Å²) in [6, 6.07) is 4.89. The summed E-state index contributed by atoms with van der Waals surface area (Å²) in [6.45, 7) is 7.21. The van der Waals surface area contributed by atoms with Gasteiger partial charge in [-0.2, -0.15) is 0 Å². The van der Waals surface area contributed by atoms with Gasteiger partial charge in [-0.15, -0.1) is 0 Å². The molecule has 0 saturated carbocycles. The quantitative estimate of drug-likeness (QED) is 0.816. The van der Waals surface area contributed by atoms with Crippen LogP contribution in [0.5, 0.6) is 0 Å². The first-order chi connectivity index (χ1) is 9.19. The third-order valence-electron chi connectivity index (χ3n) is 3.70. The van der Waals surface area contributed by atoms with Gasteiger partial charge in [-0.25, -0.2) is 0 Å². The number of likely N-dealkylation sites (N-methyl/N-ethyl adjacent to an activating group) is 1. The van der Waals surface area contributed by atoms with E-state index in [9.17, 15) is 0 Å². The zero-order valence-electron chi connectivity index (χ0n) is 12.5. The minimum Gasteiger partial charge on any atom is -0.463 e. The molecule has 1 unspecified atom stereocenters. The highest BCUT2D eigenvalue weighted by Crippen LogP contribution is 2.21. The van der Waals surface area contributed by atoms with Crippen LogP contribution in [0.15, 0.2) is 16.5 Å². The number of hydrogen-bond acceptors (Lipinski definition) is 4. The van der Waals surface area contributed by atoms with E-state index in [1.165, 1.54) is 19.4 Å². The molecule has 0 amide bonds. The third-order valence-corrected chi connectivity index (χ3v) is 3.70. The lowest BCUT2D eigenvalue weighted by molar-refractivity contribution is 0.187. The summed E-state index contributed by atoms with van der Waals surface area (Å²) in [6.07, 6.45) is 2.62. The zero-order chi connectivity index (χ0) is 13.7. The second-order valence-corrected chi connectivity index (χ2v) is 5.68. The fourth-order valence-electron chi connectivity index (χ4n) is 2.78. The molecule has 19 heavy (non-hydrogen) atoms. The maximum atomic E-state index is 5.88. The van der Waals surface area contributed by atoms with Crippen LogP contribution in [0.25, 0.3) is 0 Å². The first kappa shape index (κ1) is 14.6. The molecular formula is C15H27N3O. The second-order valence-electron chi connectivity index (χ2n) is 5.68. The van der Waals surface area contributed by atoms with Gasteiger partial charge in [0.15, 0.2) is 0 Å². The molecule has 0 bridgehead atoms. The molecule has 4 heteroatoms. The number of hydrogen-bond donors (Lipinski definition) is 1. The first-order valence-corrected chi connectivity index (χ1v) is 7.36. The monoisotopic (exact) mass is 265 g/mol. The van der Waals surface area contributed by atoms with Crippen LogP contribution in [0.3, 0.4) is 0 Å². The van der Waals surface area contributed by atoms with Gasteiger partial charge in [0.25, 0.3) is 0 Å². The number of nitrogens with one attached hydrogen (secondary N) is 1. The largest absolute Gasteiger partial charge is 0.463 e. The van der Waals surface area contributed by atoms with E-state index in [0.717, 1.165) is 37.7 Å². The van der Waals surface area contributed by atoms with Crippen molar-refractivity contribution in [3.8, 4) is 0 Å². The summed E-state index contributed by atoms with van der Waals surface area (Å²) in [5.41, 5.74) is 0. The zero-order valence-corrected chi connectivity index (χ0v) is 12.5. The smallest absolute Gasteiger partial charge is 0.118 e. The summed E-state index contributed by atoms with van der Waals surface area (Å²) in [4.78, 5) is 4.83. The van der Waals surface area contributed by atoms with Crippen LogP contribution in [-0.4, -0.2) is 49.6 Å². The minimum absolute atomic E-state index is 0.678. The van der Waals surface area contributed by atoms with Crippen molar-refractivity contribution in [3.63, 3.8) is 0 Å². The van der Waals surface area contributed by atoms with Crippen LogP contribution in [-0.2, 0) is 13.1 Å². The van der Waals surface area contributed by atoms with Gasteiger partial charge >= 0.3 is 0 Å². The molecule has 1 aromatic heterocycles. The molecule has 2 rings (SSSR count). The summed E-state index contributed by atoms with van der Waals surface area (Å²) in [5.74, 6) is 2.14. The van der Waals surface area contributed by atoms with Crippen molar-refractivity contribution in [2.75, 3.05) is 33.7 Å². The van der Waals surface area contributed by atoms with Crippen LogP contribution in [0.2, 0.25) is 0 Å². The SMILES string of the molecule is CCNCc1ccc(CN2CCCC2CN(C)C)o1. The van der Waals surface area contributed by atoms with E-state index in [0.29, 0.717) is 6.04 Å². The van der Waals surface area contributed by atoms with Gasteiger partial charge in [0.05, 0.1) is 13.1 Å². The minimum atomic E-state index is 0.678. The number of furan rings is 1. The normalized spacial score (nSPS) is 20.5. The molecular weight excluding hydrogens is 238 g/mol. The van der Waals surface area contributed by atoms with Crippen LogP contribution >= 0.6 is 0 Å². The molecule has 1 aliphatic heterocycles. The fraction of sp³-hybridized carbons (Fsp3) is 0.733. The van der Waals surface area contributed by atoms with Crippen LogP contribution in [0.4, 0.5) is 0 Å². The predicted molar refractivity (Wildman–Crippen MR) is 78.1 cm³/mol. The van der Waals surface area contributed by atoms with Gasteiger partial charge in [-0.05, 0) is 52.2 Å². The highest BCUT2D eigenvalue weighted by Gasteiger charge is 2.25. The van der Waals surface area contributed by atoms with Crippen molar-refractivity contribution in [2.45, 2.75) is 38.9 Å². The van der Waals surface area contributed by atoms with Crippen LogP contribution < -0.4 is 5.32 Å². The van der Waals surface area contributed by atoms with Crippen molar-refractivity contribution in [1.29, 1.82) is 0 Å². The standard InChI is InChI=1S/C15H27N3O/c1-4-16-10-14-7-8-15(19-14)12-18-9-5-6-13(18)11-17(2)3/h7-8,13,16H,4-6,9-12H2,1-3H3. The van der Waals surface area contributed by atoms with Gasteiger partial charge in [-0.1, -0.05) is 6.92 Å².